The summed E-state index contributed by atoms with van der Waals surface area (Å²) >= 11 is 0. The number of aliphatic carboxylic acids is 1. The Morgan fingerprint density at radius 2 is 1.60 bits per heavy atom. The van der Waals surface area contributed by atoms with Crippen molar-refractivity contribution in [1.82, 2.24) is 0 Å². The molecule has 0 spiro atoms. The van der Waals surface area contributed by atoms with Crippen LogP contribution in [0.5, 0.6) is 0 Å². The van der Waals surface area contributed by atoms with Crippen LogP contribution in [0.3, 0.4) is 0 Å². The highest BCUT2D eigenvalue weighted by atomic mass is 16.4. The fourth-order valence-corrected chi connectivity index (χ4v) is 2.33. The maximum Gasteiger partial charge on any atom is 0.303 e. The van der Waals surface area contributed by atoms with Crippen LogP contribution in [0.15, 0.2) is 24.3 Å². The second-order valence-corrected chi connectivity index (χ2v) is 7.33. The minimum Gasteiger partial charge on any atom is -0.481 e. The van der Waals surface area contributed by atoms with Crippen molar-refractivity contribution in [3.63, 3.8) is 0 Å². The molecule has 3 heteroatoms. The van der Waals surface area contributed by atoms with Gasteiger partial charge in [-0.15, -0.1) is 0 Å². The lowest BCUT2D eigenvalue weighted by molar-refractivity contribution is -0.139. The second kappa shape index (κ2) is 5.96. The molecule has 3 nitrogen and oxygen atoms in total. The normalized spacial score (nSPS) is 14.1. The van der Waals surface area contributed by atoms with E-state index >= 15 is 0 Å². The molecule has 112 valence electrons. The molecule has 0 aromatic heterocycles. The number of carbonyl (C=O) groups is 1. The third-order valence-electron chi connectivity index (χ3n) is 3.54. The Morgan fingerprint density at radius 3 is 2.00 bits per heavy atom. The van der Waals surface area contributed by atoms with Gasteiger partial charge >= 0.3 is 5.97 Å². The van der Waals surface area contributed by atoms with Gasteiger partial charge in [0, 0.05) is 0 Å². The highest BCUT2D eigenvalue weighted by Crippen LogP contribution is 2.33. The lowest BCUT2D eigenvalue weighted by atomic mass is 9.81. The molecule has 1 atom stereocenters. The zero-order chi connectivity index (χ0) is 15.6. The summed E-state index contributed by atoms with van der Waals surface area (Å²) in [5.74, 6) is -0.828. The highest BCUT2D eigenvalue weighted by Gasteiger charge is 2.26. The zero-order valence-corrected chi connectivity index (χ0v) is 13.1. The van der Waals surface area contributed by atoms with Crippen LogP contribution in [-0.4, -0.2) is 16.2 Å². The number of hydrogen-bond donors (Lipinski definition) is 2. The predicted octanol–water partition coefficient (Wildman–Crippen LogP) is 3.91. The number of carboxylic acid groups (broad SMARTS) is 1. The molecule has 0 heterocycles. The molecule has 0 aliphatic carbocycles. The van der Waals surface area contributed by atoms with Gasteiger partial charge in [0.1, 0.15) is 0 Å². The van der Waals surface area contributed by atoms with Gasteiger partial charge in [-0.1, -0.05) is 58.9 Å². The lowest BCUT2D eigenvalue weighted by Crippen LogP contribution is -2.20. The fourth-order valence-electron chi connectivity index (χ4n) is 2.33. The molecule has 2 N–H and O–H groups in total. The van der Waals surface area contributed by atoms with Crippen molar-refractivity contribution in [2.75, 3.05) is 0 Å². The quantitative estimate of drug-likeness (QED) is 0.858. The van der Waals surface area contributed by atoms with Crippen LogP contribution >= 0.6 is 0 Å². The number of aliphatic hydroxyl groups is 1. The van der Waals surface area contributed by atoms with Crippen molar-refractivity contribution in [2.24, 2.45) is 5.41 Å². The summed E-state index contributed by atoms with van der Waals surface area (Å²) < 4.78 is 0. The number of carboxylic acids is 1. The highest BCUT2D eigenvalue weighted by molar-refractivity contribution is 5.67. The molecule has 0 bridgehead atoms. The van der Waals surface area contributed by atoms with Crippen LogP contribution in [0.1, 0.15) is 64.7 Å². The van der Waals surface area contributed by atoms with Crippen molar-refractivity contribution < 1.29 is 15.0 Å². The van der Waals surface area contributed by atoms with E-state index < -0.39 is 17.5 Å². The third kappa shape index (κ3) is 4.97. The third-order valence-corrected chi connectivity index (χ3v) is 3.54. The van der Waals surface area contributed by atoms with Gasteiger partial charge in [-0.25, -0.2) is 0 Å². The Hall–Kier alpha value is -1.35. The predicted molar refractivity (Wildman–Crippen MR) is 80.8 cm³/mol. The topological polar surface area (TPSA) is 57.5 Å². The smallest absolute Gasteiger partial charge is 0.303 e. The summed E-state index contributed by atoms with van der Waals surface area (Å²) in [7, 11) is 0. The maximum absolute atomic E-state index is 10.8. The second-order valence-electron chi connectivity index (χ2n) is 7.33. The monoisotopic (exact) mass is 278 g/mol. The average molecular weight is 278 g/mol. The SMILES string of the molecule is CC(C)(CC(=O)O)CC(O)c1ccc(C(C)(C)C)cc1. The molecule has 1 aromatic carbocycles. The first-order valence-corrected chi connectivity index (χ1v) is 7.01. The number of aliphatic hydroxyl groups excluding tert-OH is 1. The molecule has 0 aliphatic rings. The standard InChI is InChI=1S/C17H26O3/c1-16(2,3)13-8-6-12(7-9-13)14(18)10-17(4,5)11-15(19)20/h6-9,14,18H,10-11H2,1-5H3,(H,19,20). The van der Waals surface area contributed by atoms with Crippen molar-refractivity contribution in [2.45, 2.75) is 59.0 Å². The minimum absolute atomic E-state index is 0.0597. The summed E-state index contributed by atoms with van der Waals surface area (Å²) in [6.07, 6.45) is -0.128. The van der Waals surface area contributed by atoms with Gasteiger partial charge in [0.25, 0.3) is 0 Å². The van der Waals surface area contributed by atoms with Crippen LogP contribution in [0.4, 0.5) is 0 Å². The summed E-state index contributed by atoms with van der Waals surface area (Å²) in [4.78, 5) is 10.8. The van der Waals surface area contributed by atoms with Gasteiger partial charge in [0.05, 0.1) is 12.5 Å². The maximum atomic E-state index is 10.8. The molecule has 0 fully saturated rings. The molecule has 0 saturated heterocycles. The first-order chi connectivity index (χ1) is 9.01. The van der Waals surface area contributed by atoms with E-state index in [1.165, 1.54) is 5.56 Å². The average Bonchev–Trinajstić information content (AvgIpc) is 2.25. The van der Waals surface area contributed by atoms with E-state index in [-0.39, 0.29) is 11.8 Å². The first kappa shape index (κ1) is 16.7. The van der Waals surface area contributed by atoms with Gasteiger partial charge in [-0.05, 0) is 28.4 Å². The van der Waals surface area contributed by atoms with E-state index in [0.29, 0.717) is 6.42 Å². The van der Waals surface area contributed by atoms with Crippen LogP contribution in [0, 0.1) is 5.41 Å². The Balaban J connectivity index is 2.78. The Bertz CT molecular complexity index is 452. The van der Waals surface area contributed by atoms with Crippen LogP contribution in [0.25, 0.3) is 0 Å². The van der Waals surface area contributed by atoms with Gasteiger partial charge in [-0.2, -0.15) is 0 Å². The molecule has 0 radical (unpaired) electrons. The number of rotatable bonds is 5. The number of hydrogen-bond acceptors (Lipinski definition) is 2. The fraction of sp³-hybridized carbons (Fsp3) is 0.588. The van der Waals surface area contributed by atoms with Gasteiger partial charge < -0.3 is 10.2 Å². The van der Waals surface area contributed by atoms with E-state index in [9.17, 15) is 9.90 Å². The summed E-state index contributed by atoms with van der Waals surface area (Å²) in [6.45, 7) is 10.2. The lowest BCUT2D eigenvalue weighted by Gasteiger charge is -2.26. The van der Waals surface area contributed by atoms with Gasteiger partial charge in [0.2, 0.25) is 0 Å². The Labute approximate surface area is 121 Å². The van der Waals surface area contributed by atoms with Crippen molar-refractivity contribution in [3.8, 4) is 0 Å². The number of benzene rings is 1. The molecule has 1 aromatic rings. The Kier molecular flexibility index (Phi) is 4.98. The first-order valence-electron chi connectivity index (χ1n) is 7.01. The van der Waals surface area contributed by atoms with E-state index in [2.05, 4.69) is 20.8 Å². The van der Waals surface area contributed by atoms with E-state index in [4.69, 9.17) is 5.11 Å². The van der Waals surface area contributed by atoms with Gasteiger partial charge in [0.15, 0.2) is 0 Å². The molecule has 20 heavy (non-hydrogen) atoms. The molecule has 1 rings (SSSR count). The molecule has 0 aliphatic heterocycles. The molecule has 0 saturated carbocycles. The van der Waals surface area contributed by atoms with Crippen molar-refractivity contribution in [1.29, 1.82) is 0 Å². The molecular formula is C17H26O3. The molecule has 1 unspecified atom stereocenters. The summed E-state index contributed by atoms with van der Waals surface area (Å²) in [5.41, 5.74) is 1.73. The van der Waals surface area contributed by atoms with Crippen molar-refractivity contribution >= 4 is 5.97 Å². The zero-order valence-electron chi connectivity index (χ0n) is 13.1. The molecule has 0 amide bonds. The Morgan fingerprint density at radius 1 is 1.10 bits per heavy atom. The van der Waals surface area contributed by atoms with Gasteiger partial charge in [-0.3, -0.25) is 4.79 Å². The molecular weight excluding hydrogens is 252 g/mol. The largest absolute Gasteiger partial charge is 0.481 e. The summed E-state index contributed by atoms with van der Waals surface area (Å²) in [6, 6.07) is 7.93. The van der Waals surface area contributed by atoms with E-state index in [1.807, 2.05) is 38.1 Å². The van der Waals surface area contributed by atoms with E-state index in [1.54, 1.807) is 0 Å². The summed E-state index contributed by atoms with van der Waals surface area (Å²) in [5, 5.41) is 19.1. The van der Waals surface area contributed by atoms with Crippen molar-refractivity contribution in [3.05, 3.63) is 35.4 Å². The van der Waals surface area contributed by atoms with E-state index in [0.717, 1.165) is 5.56 Å². The van der Waals surface area contributed by atoms with Crippen LogP contribution < -0.4 is 0 Å². The minimum atomic E-state index is -0.828. The van der Waals surface area contributed by atoms with Crippen LogP contribution in [0.2, 0.25) is 0 Å². The van der Waals surface area contributed by atoms with Crippen LogP contribution in [-0.2, 0) is 10.2 Å².